The lowest BCUT2D eigenvalue weighted by Crippen LogP contribution is -2.37. The number of rotatable bonds is 4. The Hall–Kier alpha value is -1.53. The van der Waals surface area contributed by atoms with Gasteiger partial charge in [0.2, 0.25) is 5.91 Å². The fourth-order valence-corrected chi connectivity index (χ4v) is 2.46. The van der Waals surface area contributed by atoms with Crippen LogP contribution in [-0.2, 0) is 4.79 Å². The molecule has 1 N–H and O–H groups in total. The predicted molar refractivity (Wildman–Crippen MR) is 73.4 cm³/mol. The molecular formula is C12H11ClN2O3S. The summed E-state index contributed by atoms with van der Waals surface area (Å²) in [5.74, 6) is -0.289. The molecule has 1 aromatic rings. The van der Waals surface area contributed by atoms with Crippen molar-refractivity contribution in [1.82, 2.24) is 10.2 Å². The van der Waals surface area contributed by atoms with Crippen molar-refractivity contribution < 1.29 is 14.4 Å². The second-order valence-electron chi connectivity index (χ2n) is 3.86. The highest BCUT2D eigenvalue weighted by atomic mass is 35.5. The molecule has 0 unspecified atom stereocenters. The summed E-state index contributed by atoms with van der Waals surface area (Å²) < 4.78 is 0. The van der Waals surface area contributed by atoms with Crippen LogP contribution in [0.2, 0.25) is 5.02 Å². The Balaban J connectivity index is 1.82. The Morgan fingerprint density at radius 3 is 2.58 bits per heavy atom. The summed E-state index contributed by atoms with van der Waals surface area (Å²) >= 11 is 6.70. The normalized spacial score (nSPS) is 14.9. The second-order valence-corrected chi connectivity index (χ2v) is 5.23. The van der Waals surface area contributed by atoms with Gasteiger partial charge < -0.3 is 5.32 Å². The molecule has 1 aliphatic rings. The molecule has 1 heterocycles. The SMILES string of the molecule is O=C(NCCN1C(=O)CSC1=O)c1ccc(Cl)cc1. The van der Waals surface area contributed by atoms with Crippen LogP contribution in [0.1, 0.15) is 10.4 Å². The van der Waals surface area contributed by atoms with Crippen molar-refractivity contribution in [3.05, 3.63) is 34.9 Å². The minimum atomic E-state index is -0.261. The third-order valence-electron chi connectivity index (χ3n) is 2.57. The summed E-state index contributed by atoms with van der Waals surface area (Å²) in [6.45, 7) is 0.434. The van der Waals surface area contributed by atoms with Gasteiger partial charge in [0, 0.05) is 23.7 Å². The van der Waals surface area contributed by atoms with Gasteiger partial charge in [-0.25, -0.2) is 0 Å². The molecular weight excluding hydrogens is 288 g/mol. The zero-order valence-corrected chi connectivity index (χ0v) is 11.5. The zero-order valence-electron chi connectivity index (χ0n) is 9.89. The van der Waals surface area contributed by atoms with Gasteiger partial charge in [0.05, 0.1) is 5.75 Å². The maximum atomic E-state index is 11.7. The van der Waals surface area contributed by atoms with Gasteiger partial charge in [0.1, 0.15) is 0 Å². The monoisotopic (exact) mass is 298 g/mol. The van der Waals surface area contributed by atoms with Gasteiger partial charge in [-0.2, -0.15) is 0 Å². The number of nitrogens with one attached hydrogen (secondary N) is 1. The van der Waals surface area contributed by atoms with Crippen LogP contribution in [0.15, 0.2) is 24.3 Å². The van der Waals surface area contributed by atoms with Crippen molar-refractivity contribution in [2.24, 2.45) is 0 Å². The molecule has 3 amide bonds. The molecule has 0 saturated carbocycles. The number of carbonyl (C=O) groups is 3. The smallest absolute Gasteiger partial charge is 0.288 e. The summed E-state index contributed by atoms with van der Waals surface area (Å²) in [6, 6.07) is 6.47. The maximum absolute atomic E-state index is 11.7. The van der Waals surface area contributed by atoms with Crippen LogP contribution in [0.5, 0.6) is 0 Å². The molecule has 100 valence electrons. The van der Waals surface area contributed by atoms with E-state index in [1.165, 1.54) is 0 Å². The van der Waals surface area contributed by atoms with Gasteiger partial charge in [-0.15, -0.1) is 0 Å². The third kappa shape index (κ3) is 3.48. The second kappa shape index (κ2) is 6.08. The Labute approximate surface area is 119 Å². The number of imide groups is 1. The van der Waals surface area contributed by atoms with Crippen molar-refractivity contribution in [2.45, 2.75) is 0 Å². The number of hydrogen-bond acceptors (Lipinski definition) is 4. The molecule has 0 radical (unpaired) electrons. The topological polar surface area (TPSA) is 66.5 Å². The molecule has 0 spiro atoms. The number of nitrogens with zero attached hydrogens (tertiary/aromatic N) is 1. The number of amides is 3. The van der Waals surface area contributed by atoms with E-state index >= 15 is 0 Å². The molecule has 1 fully saturated rings. The molecule has 1 aromatic carbocycles. The Kier molecular flexibility index (Phi) is 4.44. The largest absolute Gasteiger partial charge is 0.350 e. The first kappa shape index (κ1) is 13.9. The van der Waals surface area contributed by atoms with Gasteiger partial charge in [0.25, 0.3) is 11.1 Å². The molecule has 5 nitrogen and oxygen atoms in total. The van der Waals surface area contributed by atoms with E-state index in [-0.39, 0.29) is 35.9 Å². The van der Waals surface area contributed by atoms with Crippen molar-refractivity contribution >= 4 is 40.4 Å². The van der Waals surface area contributed by atoms with E-state index in [0.717, 1.165) is 16.7 Å². The third-order valence-corrected chi connectivity index (χ3v) is 3.68. The zero-order chi connectivity index (χ0) is 13.8. The van der Waals surface area contributed by atoms with Crippen molar-refractivity contribution in [2.75, 3.05) is 18.8 Å². The molecule has 1 aliphatic heterocycles. The molecule has 0 bridgehead atoms. The lowest BCUT2D eigenvalue weighted by molar-refractivity contribution is -0.124. The average molecular weight is 299 g/mol. The van der Waals surface area contributed by atoms with E-state index in [1.54, 1.807) is 24.3 Å². The number of carbonyl (C=O) groups excluding carboxylic acids is 3. The van der Waals surface area contributed by atoms with Crippen molar-refractivity contribution in [1.29, 1.82) is 0 Å². The highest BCUT2D eigenvalue weighted by Crippen LogP contribution is 2.17. The lowest BCUT2D eigenvalue weighted by Gasteiger charge is -2.13. The molecule has 19 heavy (non-hydrogen) atoms. The number of halogens is 1. The van der Waals surface area contributed by atoms with E-state index in [9.17, 15) is 14.4 Å². The van der Waals surface area contributed by atoms with E-state index < -0.39 is 0 Å². The first-order valence-corrected chi connectivity index (χ1v) is 6.95. The maximum Gasteiger partial charge on any atom is 0.288 e. The van der Waals surface area contributed by atoms with Crippen LogP contribution in [0.4, 0.5) is 4.79 Å². The van der Waals surface area contributed by atoms with Crippen molar-refractivity contribution in [3.63, 3.8) is 0 Å². The van der Waals surface area contributed by atoms with Crippen LogP contribution >= 0.6 is 23.4 Å². The Morgan fingerprint density at radius 2 is 2.00 bits per heavy atom. The number of hydrogen-bond donors (Lipinski definition) is 1. The van der Waals surface area contributed by atoms with Gasteiger partial charge in [0.15, 0.2) is 0 Å². The first-order valence-electron chi connectivity index (χ1n) is 5.59. The fraction of sp³-hybridized carbons (Fsp3) is 0.250. The Morgan fingerprint density at radius 1 is 1.32 bits per heavy atom. The molecule has 7 heteroatoms. The van der Waals surface area contributed by atoms with E-state index in [4.69, 9.17) is 11.6 Å². The number of thioether (sulfide) groups is 1. The summed E-state index contributed by atoms with van der Waals surface area (Å²) in [5, 5.41) is 2.95. The molecule has 0 aliphatic carbocycles. The molecule has 0 aromatic heterocycles. The molecule has 2 rings (SSSR count). The van der Waals surface area contributed by atoms with E-state index in [2.05, 4.69) is 5.32 Å². The predicted octanol–water partition coefficient (Wildman–Crippen LogP) is 1.77. The van der Waals surface area contributed by atoms with E-state index in [0.29, 0.717) is 10.6 Å². The highest BCUT2D eigenvalue weighted by Gasteiger charge is 2.29. The minimum Gasteiger partial charge on any atom is -0.350 e. The Bertz CT molecular complexity index is 502. The highest BCUT2D eigenvalue weighted by molar-refractivity contribution is 8.14. The van der Waals surface area contributed by atoms with Crippen LogP contribution in [-0.4, -0.2) is 40.8 Å². The van der Waals surface area contributed by atoms with E-state index in [1.807, 2.05) is 0 Å². The summed E-state index contributed by atoms with van der Waals surface area (Å²) in [5.41, 5.74) is 0.484. The van der Waals surface area contributed by atoms with Gasteiger partial charge in [-0.3, -0.25) is 19.3 Å². The van der Waals surface area contributed by atoms with Crippen molar-refractivity contribution in [3.8, 4) is 0 Å². The lowest BCUT2D eigenvalue weighted by atomic mass is 10.2. The van der Waals surface area contributed by atoms with Gasteiger partial charge >= 0.3 is 0 Å². The summed E-state index contributed by atoms with van der Waals surface area (Å²) in [7, 11) is 0. The quantitative estimate of drug-likeness (QED) is 0.920. The first-order chi connectivity index (χ1) is 9.08. The fourth-order valence-electron chi connectivity index (χ4n) is 1.58. The summed E-state index contributed by atoms with van der Waals surface area (Å²) in [6.07, 6.45) is 0. The van der Waals surface area contributed by atoms with Crippen LogP contribution < -0.4 is 5.32 Å². The van der Waals surface area contributed by atoms with Crippen LogP contribution in [0.3, 0.4) is 0 Å². The van der Waals surface area contributed by atoms with Gasteiger partial charge in [-0.1, -0.05) is 23.4 Å². The standard InChI is InChI=1S/C12H11ClN2O3S/c13-9-3-1-8(2-4-9)11(17)14-5-6-15-10(16)7-19-12(15)18/h1-4H,5-7H2,(H,14,17). The molecule has 0 atom stereocenters. The van der Waals surface area contributed by atoms with Gasteiger partial charge in [-0.05, 0) is 24.3 Å². The van der Waals surface area contributed by atoms with Crippen LogP contribution in [0, 0.1) is 0 Å². The number of benzene rings is 1. The summed E-state index contributed by atoms with van der Waals surface area (Å²) in [4.78, 5) is 35.5. The average Bonchev–Trinajstić information content (AvgIpc) is 2.71. The molecule has 1 saturated heterocycles. The minimum absolute atomic E-state index is 0.184. The van der Waals surface area contributed by atoms with Crippen LogP contribution in [0.25, 0.3) is 0 Å².